The Labute approximate surface area is 166 Å². The monoisotopic (exact) mass is 392 g/mol. The van der Waals surface area contributed by atoms with Crippen LogP contribution in [-0.4, -0.2) is 46.4 Å². The second-order valence-electron chi connectivity index (χ2n) is 6.07. The largest absolute Gasteiger partial charge is 0.394 e. The van der Waals surface area contributed by atoms with Crippen molar-refractivity contribution in [3.63, 3.8) is 0 Å². The second kappa shape index (κ2) is 8.88. The maximum atomic E-state index is 8.85. The molecule has 0 aliphatic heterocycles. The van der Waals surface area contributed by atoms with E-state index in [-0.39, 0.29) is 6.61 Å². The molecule has 28 heavy (non-hydrogen) atoms. The maximum Gasteiger partial charge on any atom is 0.181 e. The Hall–Kier alpha value is -2.87. The van der Waals surface area contributed by atoms with Gasteiger partial charge >= 0.3 is 0 Å². The van der Waals surface area contributed by atoms with Crippen LogP contribution in [0.2, 0.25) is 0 Å². The van der Waals surface area contributed by atoms with Gasteiger partial charge in [-0.25, -0.2) is 9.97 Å². The molecule has 0 amide bonds. The third-order valence-corrected chi connectivity index (χ3v) is 5.06. The lowest BCUT2D eigenvalue weighted by molar-refractivity contribution is 0.0992. The molecule has 0 unspecified atom stereocenters. The fraction of sp³-hybridized carbons (Fsp3) is 0.190. The minimum absolute atomic E-state index is 0.0181. The summed E-state index contributed by atoms with van der Waals surface area (Å²) in [6.45, 7) is 1.41. The Morgan fingerprint density at radius 3 is 2.64 bits per heavy atom. The lowest BCUT2D eigenvalue weighted by Gasteiger charge is -2.11. The van der Waals surface area contributed by atoms with Crippen molar-refractivity contribution in [3.05, 3.63) is 60.1 Å². The number of aromatic nitrogens is 3. The predicted octanol–water partition coefficient (Wildman–Crippen LogP) is 3.84. The smallest absolute Gasteiger partial charge is 0.181 e. The maximum absolute atomic E-state index is 8.85. The minimum Gasteiger partial charge on any atom is -0.394 e. The van der Waals surface area contributed by atoms with Crippen LogP contribution >= 0.6 is 11.3 Å². The molecule has 0 fully saturated rings. The predicted molar refractivity (Wildman–Crippen MR) is 112 cm³/mol. The van der Waals surface area contributed by atoms with Gasteiger partial charge in [0, 0.05) is 23.7 Å². The second-order valence-corrected chi connectivity index (χ2v) is 6.93. The Kier molecular flexibility index (Phi) is 5.86. The first-order valence-corrected chi connectivity index (χ1v) is 9.93. The van der Waals surface area contributed by atoms with E-state index in [1.165, 1.54) is 0 Å². The average molecular weight is 392 g/mol. The van der Waals surface area contributed by atoms with Gasteiger partial charge in [0.05, 0.1) is 25.2 Å². The summed E-state index contributed by atoms with van der Waals surface area (Å²) in [6, 6.07) is 15.9. The van der Waals surface area contributed by atoms with Gasteiger partial charge < -0.3 is 15.2 Å². The standard InChI is InChI=1S/C21H20N4O2S/c26-11-13-27-12-10-23-20-18-16(15-6-2-1-3-7-15)14-28-21(18)25-19(24-20)17-8-4-5-9-22-17/h1-9,14,26H,10-13H2,(H,23,24,25). The van der Waals surface area contributed by atoms with Crippen molar-refractivity contribution in [2.24, 2.45) is 0 Å². The van der Waals surface area contributed by atoms with Crippen LogP contribution in [-0.2, 0) is 4.74 Å². The van der Waals surface area contributed by atoms with Crippen LogP contribution < -0.4 is 5.32 Å². The third kappa shape index (κ3) is 4.01. The van der Waals surface area contributed by atoms with Crippen molar-refractivity contribution in [1.82, 2.24) is 15.0 Å². The van der Waals surface area contributed by atoms with E-state index in [1.54, 1.807) is 17.5 Å². The molecular weight excluding hydrogens is 372 g/mol. The Morgan fingerprint density at radius 2 is 1.86 bits per heavy atom. The van der Waals surface area contributed by atoms with Crippen LogP contribution in [0.15, 0.2) is 60.1 Å². The zero-order valence-corrected chi connectivity index (χ0v) is 16.0. The number of thiophene rings is 1. The van der Waals surface area contributed by atoms with Crippen molar-refractivity contribution >= 4 is 27.4 Å². The topological polar surface area (TPSA) is 80.2 Å². The molecule has 0 aliphatic rings. The van der Waals surface area contributed by atoms with Crippen molar-refractivity contribution in [1.29, 1.82) is 0 Å². The molecule has 0 radical (unpaired) electrons. The van der Waals surface area contributed by atoms with Crippen molar-refractivity contribution in [3.8, 4) is 22.6 Å². The molecule has 0 saturated heterocycles. The van der Waals surface area contributed by atoms with Gasteiger partial charge in [-0.05, 0) is 17.7 Å². The first-order valence-electron chi connectivity index (χ1n) is 9.05. The van der Waals surface area contributed by atoms with Crippen LogP contribution in [0.4, 0.5) is 5.82 Å². The molecule has 6 nitrogen and oxygen atoms in total. The van der Waals surface area contributed by atoms with E-state index in [0.29, 0.717) is 25.6 Å². The number of nitrogens with one attached hydrogen (secondary N) is 1. The normalized spacial score (nSPS) is 11.0. The van der Waals surface area contributed by atoms with Crippen LogP contribution in [0.5, 0.6) is 0 Å². The first-order chi connectivity index (χ1) is 13.9. The van der Waals surface area contributed by atoms with Gasteiger partial charge in [0.25, 0.3) is 0 Å². The number of fused-ring (bicyclic) bond motifs is 1. The third-order valence-electron chi connectivity index (χ3n) is 4.19. The molecule has 3 aromatic heterocycles. The highest BCUT2D eigenvalue weighted by Crippen LogP contribution is 2.37. The summed E-state index contributed by atoms with van der Waals surface area (Å²) < 4.78 is 5.36. The zero-order chi connectivity index (χ0) is 19.2. The van der Waals surface area contributed by atoms with Crippen LogP contribution in [0, 0.1) is 0 Å². The van der Waals surface area contributed by atoms with Crippen molar-refractivity contribution in [2.75, 3.05) is 31.7 Å². The fourth-order valence-corrected chi connectivity index (χ4v) is 3.86. The average Bonchev–Trinajstić information content (AvgIpc) is 3.19. The zero-order valence-electron chi connectivity index (χ0n) is 15.2. The van der Waals surface area contributed by atoms with E-state index < -0.39 is 0 Å². The summed E-state index contributed by atoms with van der Waals surface area (Å²) >= 11 is 1.60. The molecular formula is C21H20N4O2S. The summed E-state index contributed by atoms with van der Waals surface area (Å²) in [7, 11) is 0. The van der Waals surface area contributed by atoms with Gasteiger partial charge in [0.2, 0.25) is 0 Å². The minimum atomic E-state index is 0.0181. The molecule has 0 saturated carbocycles. The highest BCUT2D eigenvalue weighted by atomic mass is 32.1. The van der Waals surface area contributed by atoms with Crippen LogP contribution in [0.3, 0.4) is 0 Å². The number of rotatable bonds is 8. The number of aliphatic hydroxyl groups excluding tert-OH is 1. The molecule has 0 bridgehead atoms. The van der Waals surface area contributed by atoms with Gasteiger partial charge in [0.1, 0.15) is 16.3 Å². The molecule has 1 aromatic carbocycles. The Balaban J connectivity index is 1.75. The Bertz CT molecular complexity index is 1040. The number of ether oxygens (including phenoxy) is 1. The van der Waals surface area contributed by atoms with Gasteiger partial charge in [-0.3, -0.25) is 4.98 Å². The fourth-order valence-electron chi connectivity index (χ4n) is 2.92. The first kappa shape index (κ1) is 18.5. The number of hydrogen-bond donors (Lipinski definition) is 2. The SMILES string of the molecule is OCCOCCNc1nc(-c2ccccn2)nc2scc(-c3ccccc3)c12. The summed E-state index contributed by atoms with van der Waals surface area (Å²) in [5, 5.41) is 15.3. The molecule has 4 rings (SSSR count). The van der Waals surface area contributed by atoms with E-state index in [1.807, 2.05) is 36.4 Å². The molecule has 0 aliphatic carbocycles. The molecule has 142 valence electrons. The summed E-state index contributed by atoms with van der Waals surface area (Å²) in [5.41, 5.74) is 2.97. The summed E-state index contributed by atoms with van der Waals surface area (Å²) in [6.07, 6.45) is 1.74. The molecule has 4 aromatic rings. The van der Waals surface area contributed by atoms with Crippen molar-refractivity contribution in [2.45, 2.75) is 0 Å². The number of benzene rings is 1. The number of hydrogen-bond acceptors (Lipinski definition) is 7. The molecule has 3 heterocycles. The highest BCUT2D eigenvalue weighted by Gasteiger charge is 2.16. The van der Waals surface area contributed by atoms with E-state index in [2.05, 4.69) is 27.8 Å². The van der Waals surface area contributed by atoms with Gasteiger partial charge in [-0.1, -0.05) is 36.4 Å². The quantitative estimate of drug-likeness (QED) is 0.444. The number of aliphatic hydroxyl groups is 1. The summed E-state index contributed by atoms with van der Waals surface area (Å²) in [5.74, 6) is 1.35. The number of nitrogens with zero attached hydrogens (tertiary/aromatic N) is 3. The molecule has 0 spiro atoms. The number of pyridine rings is 1. The van der Waals surface area contributed by atoms with Crippen LogP contribution in [0.25, 0.3) is 32.9 Å². The van der Waals surface area contributed by atoms with E-state index >= 15 is 0 Å². The highest BCUT2D eigenvalue weighted by molar-refractivity contribution is 7.17. The van der Waals surface area contributed by atoms with E-state index in [4.69, 9.17) is 19.8 Å². The summed E-state index contributed by atoms with van der Waals surface area (Å²) in [4.78, 5) is 14.8. The van der Waals surface area contributed by atoms with E-state index in [0.717, 1.165) is 32.9 Å². The van der Waals surface area contributed by atoms with Gasteiger partial charge in [0.15, 0.2) is 5.82 Å². The van der Waals surface area contributed by atoms with Gasteiger partial charge in [-0.15, -0.1) is 11.3 Å². The molecule has 7 heteroatoms. The lowest BCUT2D eigenvalue weighted by atomic mass is 10.1. The van der Waals surface area contributed by atoms with Crippen molar-refractivity contribution < 1.29 is 9.84 Å². The molecule has 2 N–H and O–H groups in total. The van der Waals surface area contributed by atoms with Gasteiger partial charge in [-0.2, -0.15) is 0 Å². The molecule has 0 atom stereocenters. The number of anilines is 1. The lowest BCUT2D eigenvalue weighted by Crippen LogP contribution is -2.13. The van der Waals surface area contributed by atoms with E-state index in [9.17, 15) is 0 Å². The Morgan fingerprint density at radius 1 is 1.00 bits per heavy atom. The van der Waals surface area contributed by atoms with Crippen LogP contribution in [0.1, 0.15) is 0 Å².